The van der Waals surface area contributed by atoms with Gasteiger partial charge in [-0.3, -0.25) is 4.90 Å². The molecule has 2 heteroatoms. The highest BCUT2D eigenvalue weighted by atomic mass is 15.1. The minimum absolute atomic E-state index is 0.156. The molecule has 0 radical (unpaired) electrons. The highest BCUT2D eigenvalue weighted by molar-refractivity contribution is 5.31. The van der Waals surface area contributed by atoms with E-state index in [9.17, 15) is 0 Å². The lowest BCUT2D eigenvalue weighted by atomic mass is 9.62. The van der Waals surface area contributed by atoms with Crippen LogP contribution in [0.5, 0.6) is 0 Å². The Morgan fingerprint density at radius 3 is 1.90 bits per heavy atom. The zero-order valence-electron chi connectivity index (χ0n) is 19.1. The Kier molecular flexibility index (Phi) is 6.95. The van der Waals surface area contributed by atoms with Crippen molar-refractivity contribution in [1.82, 2.24) is 10.2 Å². The van der Waals surface area contributed by atoms with E-state index in [0.717, 1.165) is 12.5 Å². The first-order valence-electron chi connectivity index (χ1n) is 12.1. The number of benzene rings is 2. The molecule has 2 aliphatic rings. The summed E-state index contributed by atoms with van der Waals surface area (Å²) < 4.78 is 0. The molecule has 162 valence electrons. The molecule has 2 aromatic rings. The number of hydrogen-bond donors (Lipinski definition) is 1. The molecular weight excluding hydrogens is 364 g/mol. The standard InChI is InChI=1S/C28H40N2/c1-30(2)28(26-16-10-5-11-17-26)20-18-27(19-21-28,25-14-8-4-9-15-25)23-29-22-24-12-6-3-7-13-24/h4-5,8-11,14-17,24,29H,3,6-7,12-13,18-23H2,1-2H3. The van der Waals surface area contributed by atoms with Crippen molar-refractivity contribution < 1.29 is 0 Å². The zero-order chi connectivity index (χ0) is 20.9. The first-order chi connectivity index (χ1) is 14.6. The molecular formula is C28H40N2. The Morgan fingerprint density at radius 1 is 0.767 bits per heavy atom. The number of rotatable bonds is 7. The van der Waals surface area contributed by atoms with Crippen molar-refractivity contribution >= 4 is 0 Å². The molecule has 0 heterocycles. The van der Waals surface area contributed by atoms with E-state index in [4.69, 9.17) is 0 Å². The summed E-state index contributed by atoms with van der Waals surface area (Å²) in [4.78, 5) is 2.48. The second-order valence-electron chi connectivity index (χ2n) is 10.1. The van der Waals surface area contributed by atoms with Crippen molar-refractivity contribution in [3.8, 4) is 0 Å². The first-order valence-corrected chi connectivity index (χ1v) is 12.1. The Balaban J connectivity index is 1.51. The maximum Gasteiger partial charge on any atom is 0.0455 e. The summed E-state index contributed by atoms with van der Waals surface area (Å²) >= 11 is 0. The van der Waals surface area contributed by atoms with Crippen LogP contribution >= 0.6 is 0 Å². The molecule has 2 nitrogen and oxygen atoms in total. The summed E-state index contributed by atoms with van der Waals surface area (Å²) in [5.41, 5.74) is 3.42. The monoisotopic (exact) mass is 404 g/mol. The van der Waals surface area contributed by atoms with Crippen LogP contribution in [0.15, 0.2) is 60.7 Å². The molecule has 0 spiro atoms. The van der Waals surface area contributed by atoms with Gasteiger partial charge >= 0.3 is 0 Å². The van der Waals surface area contributed by atoms with Crippen molar-refractivity contribution in [1.29, 1.82) is 0 Å². The van der Waals surface area contributed by atoms with Gasteiger partial charge in [0.2, 0.25) is 0 Å². The molecule has 0 bridgehead atoms. The maximum absolute atomic E-state index is 3.95. The van der Waals surface area contributed by atoms with Crippen molar-refractivity contribution in [2.45, 2.75) is 68.7 Å². The maximum atomic E-state index is 3.95. The molecule has 0 aromatic heterocycles. The number of hydrogen-bond acceptors (Lipinski definition) is 2. The summed E-state index contributed by atoms with van der Waals surface area (Å²) in [7, 11) is 4.54. The van der Waals surface area contributed by atoms with E-state index >= 15 is 0 Å². The Morgan fingerprint density at radius 2 is 1.33 bits per heavy atom. The fourth-order valence-corrected chi connectivity index (χ4v) is 6.15. The predicted molar refractivity (Wildman–Crippen MR) is 128 cm³/mol. The van der Waals surface area contributed by atoms with E-state index < -0.39 is 0 Å². The Labute approximate surface area is 184 Å². The molecule has 1 N–H and O–H groups in total. The third kappa shape index (κ3) is 4.50. The smallest absolute Gasteiger partial charge is 0.0455 e. The summed E-state index contributed by atoms with van der Waals surface area (Å²) in [6, 6.07) is 22.5. The van der Waals surface area contributed by atoms with E-state index in [0.29, 0.717) is 0 Å². The second-order valence-corrected chi connectivity index (χ2v) is 10.1. The van der Waals surface area contributed by atoms with Crippen molar-refractivity contribution in [2.75, 3.05) is 27.2 Å². The van der Waals surface area contributed by atoms with Crippen LogP contribution in [0.1, 0.15) is 68.9 Å². The predicted octanol–water partition coefficient (Wildman–Crippen LogP) is 6.13. The average molecular weight is 405 g/mol. The molecule has 2 aliphatic carbocycles. The van der Waals surface area contributed by atoms with Crippen LogP contribution in [0, 0.1) is 5.92 Å². The van der Waals surface area contributed by atoms with E-state index in [-0.39, 0.29) is 11.0 Å². The van der Waals surface area contributed by atoms with Crippen LogP contribution in [0.25, 0.3) is 0 Å². The van der Waals surface area contributed by atoms with Gasteiger partial charge in [0.15, 0.2) is 0 Å². The molecule has 2 aromatic carbocycles. The SMILES string of the molecule is CN(C)C1(c2ccccc2)CCC(CNCC2CCCCC2)(c2ccccc2)CC1. The topological polar surface area (TPSA) is 15.3 Å². The van der Waals surface area contributed by atoms with E-state index in [2.05, 4.69) is 85.0 Å². The molecule has 0 amide bonds. The van der Waals surface area contributed by atoms with Gasteiger partial charge in [0.25, 0.3) is 0 Å². The van der Waals surface area contributed by atoms with Gasteiger partial charge in [0.1, 0.15) is 0 Å². The number of nitrogens with zero attached hydrogens (tertiary/aromatic N) is 1. The second kappa shape index (κ2) is 9.66. The third-order valence-corrected chi connectivity index (χ3v) is 8.21. The number of nitrogens with one attached hydrogen (secondary N) is 1. The fraction of sp³-hybridized carbons (Fsp3) is 0.571. The summed E-state index contributed by atoms with van der Waals surface area (Å²) in [5.74, 6) is 0.889. The van der Waals surface area contributed by atoms with Gasteiger partial charge in [0.05, 0.1) is 0 Å². The Bertz CT molecular complexity index is 754. The van der Waals surface area contributed by atoms with Gasteiger partial charge < -0.3 is 5.32 Å². The summed E-state index contributed by atoms with van der Waals surface area (Å²) in [6.07, 6.45) is 12.0. The highest BCUT2D eigenvalue weighted by Gasteiger charge is 2.45. The largest absolute Gasteiger partial charge is 0.316 e. The highest BCUT2D eigenvalue weighted by Crippen LogP contribution is 2.49. The van der Waals surface area contributed by atoms with Gasteiger partial charge in [-0.05, 0) is 76.2 Å². The van der Waals surface area contributed by atoms with Gasteiger partial charge in [-0.15, -0.1) is 0 Å². The van der Waals surface area contributed by atoms with Crippen molar-refractivity contribution in [3.63, 3.8) is 0 Å². The van der Waals surface area contributed by atoms with Crippen molar-refractivity contribution in [2.24, 2.45) is 5.92 Å². The molecule has 0 aliphatic heterocycles. The van der Waals surface area contributed by atoms with Crippen molar-refractivity contribution in [3.05, 3.63) is 71.8 Å². The van der Waals surface area contributed by atoms with Gasteiger partial charge in [-0.25, -0.2) is 0 Å². The lowest BCUT2D eigenvalue weighted by Crippen LogP contribution is -2.51. The van der Waals surface area contributed by atoms with E-state index in [1.807, 2.05) is 0 Å². The third-order valence-electron chi connectivity index (χ3n) is 8.21. The lowest BCUT2D eigenvalue weighted by Gasteiger charge is -2.50. The summed E-state index contributed by atoms with van der Waals surface area (Å²) in [5, 5.41) is 3.95. The zero-order valence-corrected chi connectivity index (χ0v) is 19.1. The minimum atomic E-state index is 0.156. The molecule has 2 fully saturated rings. The molecule has 4 rings (SSSR count). The fourth-order valence-electron chi connectivity index (χ4n) is 6.15. The minimum Gasteiger partial charge on any atom is -0.316 e. The van der Waals surface area contributed by atoms with Gasteiger partial charge in [0, 0.05) is 17.5 Å². The van der Waals surface area contributed by atoms with Crippen LogP contribution in [0.4, 0.5) is 0 Å². The van der Waals surface area contributed by atoms with Crippen LogP contribution in [0.3, 0.4) is 0 Å². The molecule has 2 saturated carbocycles. The summed E-state index contributed by atoms with van der Waals surface area (Å²) in [6.45, 7) is 2.32. The van der Waals surface area contributed by atoms with Crippen LogP contribution in [-0.4, -0.2) is 32.1 Å². The van der Waals surface area contributed by atoms with Gasteiger partial charge in [-0.2, -0.15) is 0 Å². The molecule has 0 unspecified atom stereocenters. The molecule has 0 atom stereocenters. The lowest BCUT2D eigenvalue weighted by molar-refractivity contribution is 0.0637. The van der Waals surface area contributed by atoms with Crippen LogP contribution < -0.4 is 5.32 Å². The normalized spacial score (nSPS) is 28.0. The quantitative estimate of drug-likeness (QED) is 0.597. The molecule has 0 saturated heterocycles. The van der Waals surface area contributed by atoms with E-state index in [1.54, 1.807) is 0 Å². The van der Waals surface area contributed by atoms with Gasteiger partial charge in [-0.1, -0.05) is 79.9 Å². The Hall–Kier alpha value is -1.64. The average Bonchev–Trinajstić information content (AvgIpc) is 2.81. The van der Waals surface area contributed by atoms with Crippen LogP contribution in [0.2, 0.25) is 0 Å². The first kappa shape index (κ1) is 21.6. The molecule has 30 heavy (non-hydrogen) atoms. The van der Waals surface area contributed by atoms with Crippen LogP contribution in [-0.2, 0) is 11.0 Å². The van der Waals surface area contributed by atoms with E-state index in [1.165, 1.54) is 75.5 Å².